The number of carbonyl (C=O) groups is 1. The van der Waals surface area contributed by atoms with E-state index in [4.69, 9.17) is 10.4 Å². The number of hydrogen-bond acceptors (Lipinski definition) is 2. The number of nitrogens with zero attached hydrogens (tertiary/aromatic N) is 1. The van der Waals surface area contributed by atoms with Crippen molar-refractivity contribution in [1.82, 2.24) is 0 Å². The van der Waals surface area contributed by atoms with E-state index in [1.54, 1.807) is 12.1 Å². The largest absolute Gasteiger partial charge is 0.481 e. The molecule has 0 aliphatic heterocycles. The molecule has 0 atom stereocenters. The Balaban J connectivity index is 3.25. The number of hydrogen-bond donors (Lipinski definition) is 1. The minimum Gasteiger partial charge on any atom is -0.481 e. The van der Waals surface area contributed by atoms with Gasteiger partial charge in [-0.05, 0) is 42.2 Å². The maximum absolute atomic E-state index is 10.7. The number of benzene rings is 1. The van der Waals surface area contributed by atoms with Gasteiger partial charge in [-0.3, -0.25) is 4.79 Å². The fraction of sp³-hybridized carbons (Fsp3) is 0.333. The predicted octanol–water partition coefficient (Wildman–Crippen LogP) is 2.06. The summed E-state index contributed by atoms with van der Waals surface area (Å²) in [6.45, 7) is 3.81. The molecular formula is C12H13NO2. The van der Waals surface area contributed by atoms with E-state index in [1.165, 1.54) is 0 Å². The van der Waals surface area contributed by atoms with E-state index < -0.39 is 5.97 Å². The molecule has 0 aromatic heterocycles. The average Bonchev–Trinajstić information content (AvgIpc) is 2.20. The molecule has 0 saturated heterocycles. The molecule has 0 aliphatic rings. The summed E-state index contributed by atoms with van der Waals surface area (Å²) in [5, 5.41) is 17.6. The Morgan fingerprint density at radius 1 is 1.53 bits per heavy atom. The molecule has 0 aliphatic carbocycles. The third kappa shape index (κ3) is 2.57. The van der Waals surface area contributed by atoms with Gasteiger partial charge in [0.15, 0.2) is 0 Å². The monoisotopic (exact) mass is 203 g/mol. The van der Waals surface area contributed by atoms with Crippen LogP contribution in [0.4, 0.5) is 0 Å². The van der Waals surface area contributed by atoms with Crippen LogP contribution >= 0.6 is 0 Å². The van der Waals surface area contributed by atoms with Gasteiger partial charge in [0.2, 0.25) is 0 Å². The van der Waals surface area contributed by atoms with Gasteiger partial charge < -0.3 is 5.11 Å². The van der Waals surface area contributed by atoms with Crippen LogP contribution in [0.5, 0.6) is 0 Å². The van der Waals surface area contributed by atoms with Crippen LogP contribution in [0, 0.1) is 18.3 Å². The van der Waals surface area contributed by atoms with Crippen molar-refractivity contribution >= 4 is 5.97 Å². The standard InChI is InChI=1S/C12H13NO2/c1-3-10-5-9(7-13)4-8(2)11(10)6-12(14)15/h4-5H,3,6H2,1-2H3,(H,14,15). The maximum Gasteiger partial charge on any atom is 0.307 e. The van der Waals surface area contributed by atoms with Crippen molar-refractivity contribution in [3.05, 3.63) is 34.4 Å². The number of aliphatic carboxylic acids is 1. The molecule has 0 saturated carbocycles. The lowest BCUT2D eigenvalue weighted by atomic mass is 9.95. The number of carboxylic acid groups (broad SMARTS) is 1. The van der Waals surface area contributed by atoms with Crippen molar-refractivity contribution in [2.45, 2.75) is 26.7 Å². The molecule has 1 rings (SSSR count). The predicted molar refractivity (Wildman–Crippen MR) is 56.6 cm³/mol. The molecule has 0 amide bonds. The van der Waals surface area contributed by atoms with Gasteiger partial charge in [-0.15, -0.1) is 0 Å². The smallest absolute Gasteiger partial charge is 0.307 e. The van der Waals surface area contributed by atoms with E-state index in [9.17, 15) is 4.79 Å². The van der Waals surface area contributed by atoms with Crippen LogP contribution in [0.2, 0.25) is 0 Å². The highest BCUT2D eigenvalue weighted by Gasteiger charge is 2.10. The van der Waals surface area contributed by atoms with Crippen molar-refractivity contribution in [3.8, 4) is 6.07 Å². The molecule has 1 aromatic rings. The van der Waals surface area contributed by atoms with Crippen molar-refractivity contribution in [1.29, 1.82) is 5.26 Å². The van der Waals surface area contributed by atoms with E-state index in [-0.39, 0.29) is 6.42 Å². The first-order chi connectivity index (χ1) is 7.08. The number of rotatable bonds is 3. The summed E-state index contributed by atoms with van der Waals surface area (Å²) in [7, 11) is 0. The summed E-state index contributed by atoms with van der Waals surface area (Å²) in [6, 6.07) is 5.58. The van der Waals surface area contributed by atoms with Crippen molar-refractivity contribution in [2.75, 3.05) is 0 Å². The number of nitriles is 1. The molecule has 15 heavy (non-hydrogen) atoms. The highest BCUT2D eigenvalue weighted by Crippen LogP contribution is 2.18. The highest BCUT2D eigenvalue weighted by atomic mass is 16.4. The molecule has 0 fully saturated rings. The lowest BCUT2D eigenvalue weighted by molar-refractivity contribution is -0.136. The highest BCUT2D eigenvalue weighted by molar-refractivity contribution is 5.71. The molecule has 0 radical (unpaired) electrons. The van der Waals surface area contributed by atoms with Crippen LogP contribution in [0.3, 0.4) is 0 Å². The van der Waals surface area contributed by atoms with Crippen molar-refractivity contribution in [2.24, 2.45) is 0 Å². The molecule has 0 unspecified atom stereocenters. The van der Waals surface area contributed by atoms with E-state index in [2.05, 4.69) is 6.07 Å². The van der Waals surface area contributed by atoms with E-state index in [0.717, 1.165) is 23.1 Å². The van der Waals surface area contributed by atoms with Crippen LogP contribution < -0.4 is 0 Å². The summed E-state index contributed by atoms with van der Waals surface area (Å²) in [5.74, 6) is -0.836. The summed E-state index contributed by atoms with van der Waals surface area (Å²) < 4.78 is 0. The third-order valence-corrected chi connectivity index (χ3v) is 2.40. The van der Waals surface area contributed by atoms with E-state index in [0.29, 0.717) is 5.56 Å². The Morgan fingerprint density at radius 2 is 2.20 bits per heavy atom. The molecule has 3 nitrogen and oxygen atoms in total. The molecule has 0 bridgehead atoms. The second-order valence-electron chi connectivity index (χ2n) is 3.47. The van der Waals surface area contributed by atoms with Gasteiger partial charge in [0.05, 0.1) is 18.1 Å². The van der Waals surface area contributed by atoms with Crippen LogP contribution in [0.25, 0.3) is 0 Å². The van der Waals surface area contributed by atoms with Gasteiger partial charge in [-0.1, -0.05) is 6.92 Å². The summed E-state index contributed by atoms with van der Waals surface area (Å²) >= 11 is 0. The molecule has 0 heterocycles. The minimum atomic E-state index is -0.836. The molecule has 3 heteroatoms. The first kappa shape index (κ1) is 11.3. The van der Waals surface area contributed by atoms with Gasteiger partial charge in [-0.2, -0.15) is 5.26 Å². The molecule has 1 aromatic carbocycles. The number of carboxylic acids is 1. The lowest BCUT2D eigenvalue weighted by Gasteiger charge is -2.09. The van der Waals surface area contributed by atoms with Gasteiger partial charge >= 0.3 is 5.97 Å². The number of aryl methyl sites for hydroxylation is 2. The van der Waals surface area contributed by atoms with Crippen LogP contribution in [0.1, 0.15) is 29.2 Å². The van der Waals surface area contributed by atoms with Gasteiger partial charge in [0.1, 0.15) is 0 Å². The van der Waals surface area contributed by atoms with Gasteiger partial charge in [-0.25, -0.2) is 0 Å². The Hall–Kier alpha value is -1.82. The molecule has 78 valence electrons. The average molecular weight is 203 g/mol. The first-order valence-electron chi connectivity index (χ1n) is 4.82. The molecule has 1 N–H and O–H groups in total. The zero-order chi connectivity index (χ0) is 11.4. The topological polar surface area (TPSA) is 61.1 Å². The maximum atomic E-state index is 10.7. The van der Waals surface area contributed by atoms with Gasteiger partial charge in [0, 0.05) is 0 Å². The lowest BCUT2D eigenvalue weighted by Crippen LogP contribution is -2.06. The first-order valence-corrected chi connectivity index (χ1v) is 4.82. The normalized spacial score (nSPS) is 9.67. The van der Waals surface area contributed by atoms with Crippen LogP contribution in [0.15, 0.2) is 12.1 Å². The second kappa shape index (κ2) is 4.61. The van der Waals surface area contributed by atoms with Crippen LogP contribution in [-0.2, 0) is 17.6 Å². The van der Waals surface area contributed by atoms with E-state index in [1.807, 2.05) is 13.8 Å². The minimum absolute atomic E-state index is 0.0285. The fourth-order valence-corrected chi connectivity index (χ4v) is 1.67. The third-order valence-electron chi connectivity index (χ3n) is 2.40. The summed E-state index contributed by atoms with van der Waals surface area (Å²) in [6.07, 6.45) is 0.777. The quantitative estimate of drug-likeness (QED) is 0.817. The zero-order valence-electron chi connectivity index (χ0n) is 8.87. The summed E-state index contributed by atoms with van der Waals surface area (Å²) in [4.78, 5) is 10.7. The second-order valence-corrected chi connectivity index (χ2v) is 3.47. The zero-order valence-corrected chi connectivity index (χ0v) is 8.87. The fourth-order valence-electron chi connectivity index (χ4n) is 1.67. The Morgan fingerprint density at radius 3 is 2.67 bits per heavy atom. The molecular weight excluding hydrogens is 190 g/mol. The summed E-state index contributed by atoms with van der Waals surface area (Å²) in [5.41, 5.74) is 3.27. The van der Waals surface area contributed by atoms with Crippen molar-refractivity contribution < 1.29 is 9.90 Å². The molecule has 0 spiro atoms. The Kier molecular flexibility index (Phi) is 3.46. The van der Waals surface area contributed by atoms with Gasteiger partial charge in [0.25, 0.3) is 0 Å². The van der Waals surface area contributed by atoms with Crippen molar-refractivity contribution in [3.63, 3.8) is 0 Å². The Labute approximate surface area is 89.0 Å². The van der Waals surface area contributed by atoms with Crippen LogP contribution in [-0.4, -0.2) is 11.1 Å². The Bertz CT molecular complexity index is 430. The SMILES string of the molecule is CCc1cc(C#N)cc(C)c1CC(=O)O. The van der Waals surface area contributed by atoms with E-state index >= 15 is 0 Å².